The molecule has 142 valence electrons. The van der Waals surface area contributed by atoms with Crippen molar-refractivity contribution in [2.45, 2.75) is 32.6 Å². The Morgan fingerprint density at radius 1 is 1.04 bits per heavy atom. The Kier molecular flexibility index (Phi) is 3.90. The first kappa shape index (κ1) is 17.2. The van der Waals surface area contributed by atoms with Crippen LogP contribution in [0.1, 0.15) is 41.6 Å². The number of fused-ring (bicyclic) bond motifs is 1. The molecule has 2 heterocycles. The summed E-state index contributed by atoms with van der Waals surface area (Å²) in [4.78, 5) is 28.2. The number of amides is 1. The van der Waals surface area contributed by atoms with Crippen LogP contribution >= 0.6 is 0 Å². The van der Waals surface area contributed by atoms with Crippen LogP contribution in [-0.2, 0) is 0 Å². The second-order valence-corrected chi connectivity index (χ2v) is 8.26. The van der Waals surface area contributed by atoms with Crippen molar-refractivity contribution in [1.82, 2.24) is 4.90 Å². The minimum Gasteiger partial charge on any atom is -0.455 e. The zero-order valence-corrected chi connectivity index (χ0v) is 16.0. The number of benzene rings is 2. The lowest BCUT2D eigenvalue weighted by Gasteiger charge is -2.37. The number of hydrogen-bond donors (Lipinski definition) is 0. The normalized spacial score (nSPS) is 17.8. The van der Waals surface area contributed by atoms with E-state index in [4.69, 9.17) is 4.42 Å². The van der Waals surface area contributed by atoms with Crippen LogP contribution in [0.5, 0.6) is 0 Å². The number of para-hydroxylation sites is 1. The molecule has 1 saturated carbocycles. The van der Waals surface area contributed by atoms with Gasteiger partial charge in [-0.1, -0.05) is 42.8 Å². The molecule has 0 bridgehead atoms. The maximum absolute atomic E-state index is 13.3. The SMILES string of the molecule is Cc1c(-c2ccccc2)oc2c(C(=O)N3CCC4(CCC4)C3)cccc2c1=O. The molecule has 2 aromatic carbocycles. The Balaban J connectivity index is 1.63. The monoisotopic (exact) mass is 373 g/mol. The first-order valence-electron chi connectivity index (χ1n) is 9.99. The zero-order valence-electron chi connectivity index (χ0n) is 16.0. The Hall–Kier alpha value is -2.88. The third-order valence-corrected chi connectivity index (χ3v) is 6.55. The molecule has 1 aromatic heterocycles. The zero-order chi connectivity index (χ0) is 19.3. The molecule has 0 N–H and O–H groups in total. The van der Waals surface area contributed by atoms with Crippen LogP contribution in [0.15, 0.2) is 57.7 Å². The van der Waals surface area contributed by atoms with Gasteiger partial charge in [0.25, 0.3) is 5.91 Å². The summed E-state index contributed by atoms with van der Waals surface area (Å²) in [6.07, 6.45) is 4.80. The summed E-state index contributed by atoms with van der Waals surface area (Å²) in [5, 5.41) is 0.473. The molecule has 5 rings (SSSR count). The summed E-state index contributed by atoms with van der Waals surface area (Å²) in [5.74, 6) is 0.510. The molecule has 0 unspecified atom stereocenters. The fourth-order valence-corrected chi connectivity index (χ4v) is 4.71. The third kappa shape index (κ3) is 2.59. The molecule has 1 saturated heterocycles. The van der Waals surface area contributed by atoms with Crippen molar-refractivity contribution in [3.05, 3.63) is 69.9 Å². The molecule has 0 atom stereocenters. The van der Waals surface area contributed by atoms with E-state index in [1.54, 1.807) is 25.1 Å². The molecule has 3 aromatic rings. The summed E-state index contributed by atoms with van der Waals surface area (Å²) in [7, 11) is 0. The lowest BCUT2D eigenvalue weighted by Crippen LogP contribution is -2.35. The number of carbonyl (C=O) groups excluding carboxylic acids is 1. The summed E-state index contributed by atoms with van der Waals surface area (Å²) in [6.45, 7) is 3.39. The fourth-order valence-electron chi connectivity index (χ4n) is 4.71. The molecular weight excluding hydrogens is 350 g/mol. The molecule has 28 heavy (non-hydrogen) atoms. The van der Waals surface area contributed by atoms with E-state index < -0.39 is 0 Å². The molecular formula is C24H23NO3. The standard InChI is InChI=1S/C24H23NO3/c1-16-20(26)18-9-5-10-19(22(18)28-21(16)17-7-3-2-4-8-17)23(27)25-14-13-24(15-25)11-6-12-24/h2-5,7-10H,6,11-15H2,1H3. The number of hydrogen-bond acceptors (Lipinski definition) is 3. The highest BCUT2D eigenvalue weighted by atomic mass is 16.3. The van der Waals surface area contributed by atoms with Crippen molar-refractivity contribution in [3.8, 4) is 11.3 Å². The number of rotatable bonds is 2. The summed E-state index contributed by atoms with van der Waals surface area (Å²) >= 11 is 0. The van der Waals surface area contributed by atoms with E-state index in [0.717, 1.165) is 25.1 Å². The van der Waals surface area contributed by atoms with E-state index in [9.17, 15) is 9.59 Å². The Bertz CT molecular complexity index is 1130. The highest BCUT2D eigenvalue weighted by Gasteiger charge is 2.44. The van der Waals surface area contributed by atoms with Crippen molar-refractivity contribution in [1.29, 1.82) is 0 Å². The van der Waals surface area contributed by atoms with Crippen LogP contribution in [0.2, 0.25) is 0 Å². The van der Waals surface area contributed by atoms with Gasteiger partial charge in [0.2, 0.25) is 0 Å². The third-order valence-electron chi connectivity index (χ3n) is 6.55. The molecule has 1 amide bonds. The van der Waals surface area contributed by atoms with E-state index in [-0.39, 0.29) is 11.3 Å². The minimum atomic E-state index is -0.0772. The maximum atomic E-state index is 13.3. The average molecular weight is 373 g/mol. The molecule has 0 radical (unpaired) electrons. The van der Waals surface area contributed by atoms with E-state index >= 15 is 0 Å². The van der Waals surface area contributed by atoms with Crippen LogP contribution in [0.25, 0.3) is 22.3 Å². The highest BCUT2D eigenvalue weighted by molar-refractivity contribution is 6.05. The molecule has 1 aliphatic carbocycles. The number of likely N-dealkylation sites (tertiary alicyclic amines) is 1. The van der Waals surface area contributed by atoms with Crippen molar-refractivity contribution < 1.29 is 9.21 Å². The summed E-state index contributed by atoms with van der Waals surface area (Å²) in [5.41, 5.74) is 2.56. The van der Waals surface area contributed by atoms with E-state index in [1.165, 1.54) is 19.3 Å². The van der Waals surface area contributed by atoms with Crippen LogP contribution in [-0.4, -0.2) is 23.9 Å². The predicted octanol–water partition coefficient (Wildman–Crippen LogP) is 4.78. The van der Waals surface area contributed by atoms with Gasteiger partial charge in [0, 0.05) is 24.2 Å². The lowest BCUT2D eigenvalue weighted by atomic mass is 9.68. The Morgan fingerprint density at radius 2 is 1.82 bits per heavy atom. The van der Waals surface area contributed by atoms with Gasteiger partial charge < -0.3 is 9.32 Å². The predicted molar refractivity (Wildman–Crippen MR) is 109 cm³/mol. The van der Waals surface area contributed by atoms with Gasteiger partial charge in [-0.25, -0.2) is 0 Å². The van der Waals surface area contributed by atoms with Crippen molar-refractivity contribution in [2.75, 3.05) is 13.1 Å². The first-order chi connectivity index (χ1) is 13.6. The molecule has 2 fully saturated rings. The lowest BCUT2D eigenvalue weighted by molar-refractivity contribution is 0.0733. The second-order valence-electron chi connectivity index (χ2n) is 8.26. The Labute approximate surface area is 163 Å². The van der Waals surface area contributed by atoms with E-state index in [0.29, 0.717) is 33.3 Å². The van der Waals surface area contributed by atoms with Crippen LogP contribution in [0.4, 0.5) is 0 Å². The van der Waals surface area contributed by atoms with Gasteiger partial charge in [0.15, 0.2) is 11.0 Å². The van der Waals surface area contributed by atoms with Crippen LogP contribution in [0.3, 0.4) is 0 Å². The van der Waals surface area contributed by atoms with Gasteiger partial charge in [-0.3, -0.25) is 9.59 Å². The largest absolute Gasteiger partial charge is 0.455 e. The molecule has 1 aliphatic heterocycles. The molecule has 1 spiro atoms. The van der Waals surface area contributed by atoms with Crippen LogP contribution < -0.4 is 5.43 Å². The summed E-state index contributed by atoms with van der Waals surface area (Å²) in [6, 6.07) is 14.9. The van der Waals surface area contributed by atoms with Gasteiger partial charge in [-0.2, -0.15) is 0 Å². The highest BCUT2D eigenvalue weighted by Crippen LogP contribution is 2.48. The fraction of sp³-hybridized carbons (Fsp3) is 0.333. The van der Waals surface area contributed by atoms with Crippen molar-refractivity contribution >= 4 is 16.9 Å². The van der Waals surface area contributed by atoms with Gasteiger partial charge in [0.05, 0.1) is 10.9 Å². The Morgan fingerprint density at radius 3 is 2.50 bits per heavy atom. The molecule has 2 aliphatic rings. The first-order valence-corrected chi connectivity index (χ1v) is 9.99. The quantitative estimate of drug-likeness (QED) is 0.649. The van der Waals surface area contributed by atoms with Gasteiger partial charge >= 0.3 is 0 Å². The molecule has 4 nitrogen and oxygen atoms in total. The van der Waals surface area contributed by atoms with Gasteiger partial charge in [-0.05, 0) is 43.7 Å². The van der Waals surface area contributed by atoms with E-state index in [2.05, 4.69) is 0 Å². The topological polar surface area (TPSA) is 50.5 Å². The van der Waals surface area contributed by atoms with Crippen LogP contribution in [0, 0.1) is 12.3 Å². The van der Waals surface area contributed by atoms with Crippen molar-refractivity contribution in [3.63, 3.8) is 0 Å². The van der Waals surface area contributed by atoms with Crippen molar-refractivity contribution in [2.24, 2.45) is 5.41 Å². The molecule has 4 heteroatoms. The average Bonchev–Trinajstić information content (AvgIpc) is 3.17. The smallest absolute Gasteiger partial charge is 0.257 e. The maximum Gasteiger partial charge on any atom is 0.257 e. The summed E-state index contributed by atoms with van der Waals surface area (Å²) < 4.78 is 6.22. The minimum absolute atomic E-state index is 0.0274. The van der Waals surface area contributed by atoms with E-state index in [1.807, 2.05) is 35.2 Å². The van der Waals surface area contributed by atoms with Gasteiger partial charge in [-0.15, -0.1) is 0 Å². The second kappa shape index (κ2) is 6.33. The number of carbonyl (C=O) groups is 1. The van der Waals surface area contributed by atoms with Gasteiger partial charge in [0.1, 0.15) is 5.76 Å². The number of nitrogens with zero attached hydrogens (tertiary/aromatic N) is 1.